The maximum absolute atomic E-state index is 12.4. The molecule has 0 radical (unpaired) electrons. The number of aryl methyl sites for hydroxylation is 1. The first kappa shape index (κ1) is 19.3. The van der Waals surface area contributed by atoms with Gasteiger partial charge >= 0.3 is 0 Å². The van der Waals surface area contributed by atoms with Gasteiger partial charge in [0.25, 0.3) is 5.91 Å². The zero-order valence-electron chi connectivity index (χ0n) is 15.4. The number of fused-ring (bicyclic) bond motifs is 1. The Morgan fingerprint density at radius 1 is 1.26 bits per heavy atom. The summed E-state index contributed by atoms with van der Waals surface area (Å²) in [4.78, 5) is 30.5. The van der Waals surface area contributed by atoms with E-state index >= 15 is 0 Å². The number of methoxy groups -OCH3 is 2. The van der Waals surface area contributed by atoms with Crippen LogP contribution in [0.3, 0.4) is 0 Å². The zero-order chi connectivity index (χ0) is 19.2. The summed E-state index contributed by atoms with van der Waals surface area (Å²) in [5.41, 5.74) is 1.31. The van der Waals surface area contributed by atoms with Crippen molar-refractivity contribution in [2.75, 3.05) is 32.7 Å². The van der Waals surface area contributed by atoms with Crippen LogP contribution in [0.5, 0.6) is 5.75 Å². The first-order chi connectivity index (χ1) is 13.1. The summed E-state index contributed by atoms with van der Waals surface area (Å²) in [6, 6.07) is 6.88. The molecule has 2 N–H and O–H groups in total. The van der Waals surface area contributed by atoms with Crippen LogP contribution in [0.2, 0.25) is 0 Å². The second-order valence-corrected chi connectivity index (χ2v) is 7.32. The van der Waals surface area contributed by atoms with Gasteiger partial charge in [0.1, 0.15) is 5.75 Å². The molecule has 1 aliphatic rings. The predicted molar refractivity (Wildman–Crippen MR) is 104 cm³/mol. The molecule has 8 heteroatoms. The van der Waals surface area contributed by atoms with E-state index in [1.807, 2.05) is 0 Å². The topological polar surface area (TPSA) is 89.6 Å². The molecule has 3 rings (SSSR count). The van der Waals surface area contributed by atoms with Crippen molar-refractivity contribution in [1.29, 1.82) is 0 Å². The molecule has 2 amide bonds. The van der Waals surface area contributed by atoms with E-state index in [-0.39, 0.29) is 17.7 Å². The average Bonchev–Trinajstić information content (AvgIpc) is 3.10. The van der Waals surface area contributed by atoms with Gasteiger partial charge in [0.15, 0.2) is 5.13 Å². The lowest BCUT2D eigenvalue weighted by Gasteiger charge is -2.20. The lowest BCUT2D eigenvalue weighted by Crippen LogP contribution is -2.33. The maximum atomic E-state index is 12.4. The molecule has 27 heavy (non-hydrogen) atoms. The van der Waals surface area contributed by atoms with Crippen molar-refractivity contribution in [2.24, 2.45) is 0 Å². The normalized spacial score (nSPS) is 15.7. The third-order valence-electron chi connectivity index (χ3n) is 4.45. The molecule has 1 atom stereocenters. The number of amides is 2. The fraction of sp³-hybridized carbons (Fsp3) is 0.421. The molecule has 0 aliphatic heterocycles. The van der Waals surface area contributed by atoms with Gasteiger partial charge in [-0.15, -0.1) is 11.3 Å². The first-order valence-corrected chi connectivity index (χ1v) is 9.65. The molecule has 0 saturated heterocycles. The monoisotopic (exact) mass is 389 g/mol. The number of rotatable bonds is 7. The molecule has 0 fully saturated rings. The second kappa shape index (κ2) is 8.96. The smallest absolute Gasteiger partial charge is 0.257 e. The largest absolute Gasteiger partial charge is 0.497 e. The van der Waals surface area contributed by atoms with Crippen molar-refractivity contribution in [3.8, 4) is 5.75 Å². The highest BCUT2D eigenvalue weighted by atomic mass is 32.1. The van der Waals surface area contributed by atoms with Crippen LogP contribution in [0.1, 0.15) is 39.7 Å². The van der Waals surface area contributed by atoms with Crippen LogP contribution in [0.4, 0.5) is 5.13 Å². The molecule has 0 spiro atoms. The summed E-state index contributed by atoms with van der Waals surface area (Å²) >= 11 is 1.44. The fourth-order valence-corrected chi connectivity index (χ4v) is 4.10. The van der Waals surface area contributed by atoms with E-state index in [1.54, 1.807) is 38.5 Å². The van der Waals surface area contributed by atoms with E-state index in [0.29, 0.717) is 29.6 Å². The second-order valence-electron chi connectivity index (χ2n) is 6.24. The SMILES string of the molecule is COCCNC(=O)[C@H]1CCCc2sc(NC(=O)c3ccc(OC)cc3)nc21. The number of hydrogen-bond acceptors (Lipinski definition) is 6. The van der Waals surface area contributed by atoms with Gasteiger partial charge in [0, 0.05) is 24.1 Å². The van der Waals surface area contributed by atoms with E-state index in [0.717, 1.165) is 29.8 Å². The summed E-state index contributed by atoms with van der Waals surface area (Å²) in [5.74, 6) is 0.156. The number of ether oxygens (including phenoxy) is 2. The molecule has 1 aliphatic carbocycles. The maximum Gasteiger partial charge on any atom is 0.257 e. The highest BCUT2D eigenvalue weighted by Crippen LogP contribution is 2.37. The first-order valence-electron chi connectivity index (χ1n) is 8.84. The van der Waals surface area contributed by atoms with Crippen LogP contribution in [0.15, 0.2) is 24.3 Å². The number of carbonyl (C=O) groups is 2. The third kappa shape index (κ3) is 4.64. The van der Waals surface area contributed by atoms with Crippen molar-refractivity contribution < 1.29 is 19.1 Å². The van der Waals surface area contributed by atoms with Crippen molar-refractivity contribution in [3.05, 3.63) is 40.4 Å². The minimum Gasteiger partial charge on any atom is -0.497 e. The summed E-state index contributed by atoms with van der Waals surface area (Å²) < 4.78 is 10.1. The minimum atomic E-state index is -0.270. The third-order valence-corrected chi connectivity index (χ3v) is 5.50. The molecular weight excluding hydrogens is 366 g/mol. The number of carbonyl (C=O) groups excluding carboxylic acids is 2. The number of thiazole rings is 1. The molecule has 144 valence electrons. The highest BCUT2D eigenvalue weighted by molar-refractivity contribution is 7.15. The van der Waals surface area contributed by atoms with E-state index < -0.39 is 0 Å². The number of nitrogens with one attached hydrogen (secondary N) is 2. The Balaban J connectivity index is 1.69. The van der Waals surface area contributed by atoms with Gasteiger partial charge in [-0.25, -0.2) is 4.98 Å². The highest BCUT2D eigenvalue weighted by Gasteiger charge is 2.30. The molecule has 0 bridgehead atoms. The Kier molecular flexibility index (Phi) is 6.41. The van der Waals surface area contributed by atoms with Crippen LogP contribution < -0.4 is 15.4 Å². The molecule has 1 heterocycles. The molecule has 0 saturated carbocycles. The van der Waals surface area contributed by atoms with E-state index in [1.165, 1.54) is 11.3 Å². The van der Waals surface area contributed by atoms with E-state index in [9.17, 15) is 9.59 Å². The predicted octanol–water partition coefficient (Wildman–Crippen LogP) is 2.59. The van der Waals surface area contributed by atoms with Crippen molar-refractivity contribution in [3.63, 3.8) is 0 Å². The Bertz CT molecular complexity index is 804. The van der Waals surface area contributed by atoms with Gasteiger partial charge < -0.3 is 14.8 Å². The Labute approximate surface area is 162 Å². The molecule has 1 aromatic carbocycles. The lowest BCUT2D eigenvalue weighted by atomic mass is 9.90. The van der Waals surface area contributed by atoms with Crippen molar-refractivity contribution >= 4 is 28.3 Å². The molecule has 2 aromatic rings. The molecule has 7 nitrogen and oxygen atoms in total. The lowest BCUT2D eigenvalue weighted by molar-refractivity contribution is -0.123. The number of nitrogens with zero attached hydrogens (tertiary/aromatic N) is 1. The van der Waals surface area contributed by atoms with Gasteiger partial charge in [-0.3, -0.25) is 14.9 Å². The van der Waals surface area contributed by atoms with Gasteiger partial charge in [0.2, 0.25) is 5.91 Å². The summed E-state index contributed by atoms with van der Waals surface area (Å²) in [6.45, 7) is 0.956. The number of aromatic nitrogens is 1. The number of anilines is 1. The van der Waals surface area contributed by atoms with Crippen LogP contribution in [0, 0.1) is 0 Å². The van der Waals surface area contributed by atoms with Gasteiger partial charge in [-0.05, 0) is 43.5 Å². The van der Waals surface area contributed by atoms with Crippen LogP contribution in [-0.4, -0.2) is 44.2 Å². The Morgan fingerprint density at radius 3 is 2.74 bits per heavy atom. The van der Waals surface area contributed by atoms with Crippen LogP contribution >= 0.6 is 11.3 Å². The molecule has 0 unspecified atom stereocenters. The van der Waals surface area contributed by atoms with Gasteiger partial charge in [-0.1, -0.05) is 0 Å². The average molecular weight is 389 g/mol. The zero-order valence-corrected chi connectivity index (χ0v) is 16.2. The Hall–Kier alpha value is -2.45. The summed E-state index contributed by atoms with van der Waals surface area (Å²) in [5, 5.41) is 6.25. The number of benzene rings is 1. The standard InChI is InChI=1S/C19H23N3O4S/c1-25-11-10-20-18(24)14-4-3-5-15-16(14)21-19(27-15)22-17(23)12-6-8-13(26-2)9-7-12/h6-9,14H,3-5,10-11H2,1-2H3,(H,20,24)(H,21,22,23)/t14-/m0/s1. The molecule has 1 aromatic heterocycles. The van der Waals surface area contributed by atoms with E-state index in [2.05, 4.69) is 15.6 Å². The van der Waals surface area contributed by atoms with Gasteiger partial charge in [-0.2, -0.15) is 0 Å². The van der Waals surface area contributed by atoms with Gasteiger partial charge in [0.05, 0.1) is 25.3 Å². The summed E-state index contributed by atoms with van der Waals surface area (Å²) in [6.07, 6.45) is 2.58. The molecular formula is C19H23N3O4S. The van der Waals surface area contributed by atoms with Crippen molar-refractivity contribution in [2.45, 2.75) is 25.2 Å². The number of hydrogen-bond donors (Lipinski definition) is 2. The van der Waals surface area contributed by atoms with Crippen LogP contribution in [0.25, 0.3) is 0 Å². The minimum absolute atomic E-state index is 0.0358. The summed E-state index contributed by atoms with van der Waals surface area (Å²) in [7, 11) is 3.18. The Morgan fingerprint density at radius 2 is 2.04 bits per heavy atom. The fourth-order valence-electron chi connectivity index (χ4n) is 3.04. The van der Waals surface area contributed by atoms with E-state index in [4.69, 9.17) is 9.47 Å². The van der Waals surface area contributed by atoms with Crippen molar-refractivity contribution in [1.82, 2.24) is 10.3 Å². The quantitative estimate of drug-likeness (QED) is 0.711. The van der Waals surface area contributed by atoms with Crippen LogP contribution in [-0.2, 0) is 16.0 Å².